The summed E-state index contributed by atoms with van der Waals surface area (Å²) < 4.78 is 21.2. The monoisotopic (exact) mass is 383 g/mol. The number of allylic oxidation sites excluding steroid dienone is 2. The number of unbranched alkanes of at least 4 members (excludes halogenated alkanes) is 1. The molecule has 0 unspecified atom stereocenters. The first-order chi connectivity index (χ1) is 12.3. The van der Waals surface area contributed by atoms with Crippen molar-refractivity contribution < 1.29 is 23.6 Å². The normalized spacial score (nSPS) is 23.6. The number of hydrogen-bond donors (Lipinski definition) is 3. The number of benzene rings is 1. The molecule has 2 atom stereocenters. The number of ether oxygens (including phenoxy) is 1. The first-order valence-corrected chi connectivity index (χ1v) is 10.7. The maximum absolute atomic E-state index is 10.9. The van der Waals surface area contributed by atoms with Crippen LogP contribution in [0.1, 0.15) is 56.9 Å². The van der Waals surface area contributed by atoms with Crippen LogP contribution in [-0.4, -0.2) is 28.5 Å². The van der Waals surface area contributed by atoms with Gasteiger partial charge in [-0.15, -0.1) is 0 Å². The highest BCUT2D eigenvalue weighted by atomic mass is 31.2. The first-order valence-electron chi connectivity index (χ1n) is 9.18. The van der Waals surface area contributed by atoms with Gasteiger partial charge in [0.15, 0.2) is 0 Å². The summed E-state index contributed by atoms with van der Waals surface area (Å²) in [5, 5.41) is 0. The Morgan fingerprint density at radius 2 is 2.04 bits per heavy atom. The second-order valence-corrected chi connectivity index (χ2v) is 8.24. The van der Waals surface area contributed by atoms with E-state index in [1.165, 1.54) is 5.56 Å². The third kappa shape index (κ3) is 7.22. The van der Waals surface area contributed by atoms with Gasteiger partial charge < -0.3 is 20.3 Å². The zero-order valence-corrected chi connectivity index (χ0v) is 16.2. The zero-order valence-electron chi connectivity index (χ0n) is 15.3. The van der Waals surface area contributed by atoms with Gasteiger partial charge in [0.1, 0.15) is 5.75 Å². The van der Waals surface area contributed by atoms with E-state index < -0.39 is 13.4 Å². The van der Waals surface area contributed by atoms with E-state index in [1.807, 2.05) is 24.3 Å². The molecule has 1 saturated carbocycles. The van der Waals surface area contributed by atoms with Gasteiger partial charge in [-0.2, -0.15) is 0 Å². The number of hydrogen-bond acceptors (Lipinski definition) is 4. The third-order valence-electron chi connectivity index (χ3n) is 4.70. The third-order valence-corrected chi connectivity index (χ3v) is 5.17. The molecule has 4 N–H and O–H groups in total. The van der Waals surface area contributed by atoms with Gasteiger partial charge >= 0.3 is 7.82 Å². The van der Waals surface area contributed by atoms with Gasteiger partial charge in [-0.3, -0.25) is 4.52 Å². The maximum Gasteiger partial charge on any atom is 0.469 e. The molecule has 6 nitrogen and oxygen atoms in total. The Bertz CT molecular complexity index is 627. The van der Waals surface area contributed by atoms with Crippen molar-refractivity contribution in [2.45, 2.75) is 56.9 Å². The molecular weight excluding hydrogens is 353 g/mol. The van der Waals surface area contributed by atoms with E-state index in [4.69, 9.17) is 20.3 Å². The first kappa shape index (κ1) is 21.1. The molecule has 0 amide bonds. The lowest BCUT2D eigenvalue weighted by Gasteiger charge is -2.24. The molecule has 0 aromatic heterocycles. The largest absolute Gasteiger partial charge is 0.494 e. The summed E-state index contributed by atoms with van der Waals surface area (Å²) in [6, 6.07) is 8.04. The molecule has 1 fully saturated rings. The van der Waals surface area contributed by atoms with Crippen LogP contribution in [0.5, 0.6) is 5.75 Å². The van der Waals surface area contributed by atoms with Crippen LogP contribution in [-0.2, 0) is 9.09 Å². The van der Waals surface area contributed by atoms with Gasteiger partial charge in [0.2, 0.25) is 0 Å². The lowest BCUT2D eigenvalue weighted by Crippen LogP contribution is -2.41. The van der Waals surface area contributed by atoms with Crippen LogP contribution in [0, 0.1) is 0 Å². The fourth-order valence-corrected chi connectivity index (χ4v) is 3.72. The van der Waals surface area contributed by atoms with E-state index in [0.717, 1.165) is 31.4 Å². The predicted molar refractivity (Wildman–Crippen MR) is 102 cm³/mol. The molecule has 0 bridgehead atoms. The predicted octanol–water partition coefficient (Wildman–Crippen LogP) is 3.89. The molecular formula is C19H30NO5P. The van der Waals surface area contributed by atoms with E-state index in [2.05, 4.69) is 23.6 Å². The molecule has 7 heteroatoms. The van der Waals surface area contributed by atoms with Gasteiger partial charge in [-0.25, -0.2) is 4.57 Å². The summed E-state index contributed by atoms with van der Waals surface area (Å²) in [6.07, 6.45) is 9.65. The van der Waals surface area contributed by atoms with E-state index in [0.29, 0.717) is 19.4 Å². The molecule has 26 heavy (non-hydrogen) atoms. The molecule has 1 aromatic carbocycles. The van der Waals surface area contributed by atoms with Crippen molar-refractivity contribution in [3.05, 3.63) is 42.0 Å². The van der Waals surface area contributed by atoms with Gasteiger partial charge in [-0.05, 0) is 62.1 Å². The Labute approximate surface area is 155 Å². The zero-order chi connectivity index (χ0) is 19.0. The lowest BCUT2D eigenvalue weighted by molar-refractivity contribution is 0.153. The highest BCUT2D eigenvalue weighted by molar-refractivity contribution is 7.46. The Kier molecular flexibility index (Phi) is 7.86. The quantitative estimate of drug-likeness (QED) is 0.322. The van der Waals surface area contributed by atoms with Crippen LogP contribution in [0.15, 0.2) is 36.4 Å². The molecule has 0 aliphatic heterocycles. The number of rotatable bonds is 10. The Morgan fingerprint density at radius 3 is 2.69 bits per heavy atom. The Morgan fingerprint density at radius 1 is 1.31 bits per heavy atom. The van der Waals surface area contributed by atoms with E-state index >= 15 is 0 Å². The molecule has 0 heterocycles. The molecule has 1 aromatic rings. The summed E-state index contributed by atoms with van der Waals surface area (Å²) in [7, 11) is -4.48. The lowest BCUT2D eigenvalue weighted by atomic mass is 9.94. The van der Waals surface area contributed by atoms with Crippen LogP contribution in [0.3, 0.4) is 0 Å². The minimum Gasteiger partial charge on any atom is -0.494 e. The van der Waals surface area contributed by atoms with Crippen molar-refractivity contribution >= 4 is 7.82 Å². The topological polar surface area (TPSA) is 102 Å². The highest BCUT2D eigenvalue weighted by Crippen LogP contribution is 2.43. The van der Waals surface area contributed by atoms with Crippen LogP contribution in [0.25, 0.3) is 0 Å². The Hall–Kier alpha value is -1.17. The summed E-state index contributed by atoms with van der Waals surface area (Å²) in [6.45, 7) is 2.70. The smallest absolute Gasteiger partial charge is 0.469 e. The van der Waals surface area contributed by atoms with Crippen molar-refractivity contribution in [3.8, 4) is 5.75 Å². The van der Waals surface area contributed by atoms with Crippen LogP contribution >= 0.6 is 7.82 Å². The van der Waals surface area contributed by atoms with Crippen LogP contribution in [0.4, 0.5) is 0 Å². The van der Waals surface area contributed by atoms with Gasteiger partial charge in [0, 0.05) is 5.54 Å². The molecule has 1 aliphatic rings. The molecule has 0 radical (unpaired) electrons. The Balaban J connectivity index is 1.79. The van der Waals surface area contributed by atoms with Crippen molar-refractivity contribution in [3.63, 3.8) is 0 Å². The van der Waals surface area contributed by atoms with E-state index in [9.17, 15) is 4.57 Å². The van der Waals surface area contributed by atoms with Gasteiger partial charge in [-0.1, -0.05) is 31.2 Å². The van der Waals surface area contributed by atoms with Crippen molar-refractivity contribution in [1.82, 2.24) is 0 Å². The van der Waals surface area contributed by atoms with Crippen molar-refractivity contribution in [2.24, 2.45) is 5.73 Å². The van der Waals surface area contributed by atoms with Crippen LogP contribution in [0.2, 0.25) is 0 Å². The summed E-state index contributed by atoms with van der Waals surface area (Å²) in [5.74, 6) is 1.13. The summed E-state index contributed by atoms with van der Waals surface area (Å²) in [5.41, 5.74) is 6.73. The summed E-state index contributed by atoms with van der Waals surface area (Å²) in [4.78, 5) is 17.7. The van der Waals surface area contributed by atoms with E-state index in [-0.39, 0.29) is 12.5 Å². The fourth-order valence-electron chi connectivity index (χ4n) is 3.30. The molecule has 0 spiro atoms. The second kappa shape index (κ2) is 9.67. The molecule has 2 rings (SSSR count). The van der Waals surface area contributed by atoms with Crippen molar-refractivity contribution in [1.29, 1.82) is 0 Å². The average Bonchev–Trinajstić information content (AvgIpc) is 2.99. The molecule has 146 valence electrons. The SMILES string of the molecule is CC/C=C\CCCOc1ccc([C@@H]2CC[C@@](N)(COP(=O)(O)O)C2)cc1. The summed E-state index contributed by atoms with van der Waals surface area (Å²) >= 11 is 0. The minimum absolute atomic E-state index is 0.124. The van der Waals surface area contributed by atoms with Crippen molar-refractivity contribution in [2.75, 3.05) is 13.2 Å². The molecule has 0 saturated heterocycles. The number of phosphoric ester groups is 1. The number of phosphoric acid groups is 1. The standard InChI is InChI=1S/C19H30NO5P/c1-2-3-4-5-6-13-24-18-9-7-16(8-10-18)17-11-12-19(20,14-17)15-25-26(21,22)23/h3-4,7-10,17H,2,5-6,11-15,20H2,1H3,(H2,21,22,23)/b4-3-/t17-,19+/m1/s1. The highest BCUT2D eigenvalue weighted by Gasteiger charge is 2.38. The van der Waals surface area contributed by atoms with Gasteiger partial charge in [0.05, 0.1) is 13.2 Å². The van der Waals surface area contributed by atoms with E-state index in [1.54, 1.807) is 0 Å². The average molecular weight is 383 g/mol. The second-order valence-electron chi connectivity index (χ2n) is 7.01. The minimum atomic E-state index is -4.48. The maximum atomic E-state index is 10.9. The number of nitrogens with two attached hydrogens (primary N) is 1. The molecule has 1 aliphatic carbocycles. The van der Waals surface area contributed by atoms with Crippen LogP contribution < -0.4 is 10.5 Å². The van der Waals surface area contributed by atoms with Gasteiger partial charge in [0.25, 0.3) is 0 Å². The fraction of sp³-hybridized carbons (Fsp3) is 0.579.